The van der Waals surface area contributed by atoms with E-state index in [2.05, 4.69) is 29.1 Å². The minimum absolute atomic E-state index is 0.196. The van der Waals surface area contributed by atoms with E-state index in [0.717, 1.165) is 30.2 Å². The van der Waals surface area contributed by atoms with Crippen LogP contribution in [0, 0.1) is 5.92 Å². The SMILES string of the molecule is CC(C)c1nc(CN2CCC(C(=O)O)C2)cs1. The van der Waals surface area contributed by atoms with Crippen LogP contribution >= 0.6 is 11.3 Å². The maximum Gasteiger partial charge on any atom is 0.307 e. The lowest BCUT2D eigenvalue weighted by Crippen LogP contribution is -2.22. The van der Waals surface area contributed by atoms with Crippen molar-refractivity contribution >= 4 is 17.3 Å². The highest BCUT2D eigenvalue weighted by molar-refractivity contribution is 7.09. The van der Waals surface area contributed by atoms with Crippen LogP contribution in [0.4, 0.5) is 0 Å². The van der Waals surface area contributed by atoms with Crippen molar-refractivity contribution in [2.45, 2.75) is 32.7 Å². The smallest absolute Gasteiger partial charge is 0.307 e. The van der Waals surface area contributed by atoms with E-state index in [4.69, 9.17) is 5.11 Å². The molecule has 4 nitrogen and oxygen atoms in total. The number of hydrogen-bond acceptors (Lipinski definition) is 4. The fourth-order valence-electron chi connectivity index (χ4n) is 2.07. The van der Waals surface area contributed by atoms with Gasteiger partial charge in [0.1, 0.15) is 0 Å². The highest BCUT2D eigenvalue weighted by Crippen LogP contribution is 2.22. The van der Waals surface area contributed by atoms with Crippen LogP contribution < -0.4 is 0 Å². The molecule has 1 aromatic rings. The zero-order valence-corrected chi connectivity index (χ0v) is 11.0. The monoisotopic (exact) mass is 254 g/mol. The van der Waals surface area contributed by atoms with Gasteiger partial charge in [-0.2, -0.15) is 0 Å². The third-order valence-corrected chi connectivity index (χ3v) is 4.26. The number of carbonyl (C=O) groups is 1. The molecule has 0 bridgehead atoms. The molecule has 17 heavy (non-hydrogen) atoms. The first kappa shape index (κ1) is 12.5. The Kier molecular flexibility index (Phi) is 3.79. The van der Waals surface area contributed by atoms with Gasteiger partial charge in [0, 0.05) is 24.4 Å². The molecule has 0 saturated carbocycles. The second-order valence-corrected chi connectivity index (χ2v) is 5.78. The Hall–Kier alpha value is -0.940. The van der Waals surface area contributed by atoms with Gasteiger partial charge in [0.2, 0.25) is 0 Å². The van der Waals surface area contributed by atoms with E-state index in [-0.39, 0.29) is 5.92 Å². The number of rotatable bonds is 4. The zero-order chi connectivity index (χ0) is 12.4. The van der Waals surface area contributed by atoms with Gasteiger partial charge in [0.05, 0.1) is 16.6 Å². The Labute approximate surface area is 105 Å². The summed E-state index contributed by atoms with van der Waals surface area (Å²) in [7, 11) is 0. The van der Waals surface area contributed by atoms with Crippen molar-refractivity contribution in [1.29, 1.82) is 0 Å². The van der Waals surface area contributed by atoms with Crippen LogP contribution in [0.2, 0.25) is 0 Å². The van der Waals surface area contributed by atoms with Gasteiger partial charge >= 0.3 is 5.97 Å². The summed E-state index contributed by atoms with van der Waals surface area (Å²) in [5.74, 6) is -0.397. The Morgan fingerprint density at radius 3 is 3.00 bits per heavy atom. The number of aliphatic carboxylic acids is 1. The van der Waals surface area contributed by atoms with Crippen LogP contribution in [-0.2, 0) is 11.3 Å². The summed E-state index contributed by atoms with van der Waals surface area (Å²) in [4.78, 5) is 17.6. The molecule has 0 aromatic carbocycles. The molecule has 1 N–H and O–H groups in total. The van der Waals surface area contributed by atoms with Gasteiger partial charge in [0.15, 0.2) is 0 Å². The van der Waals surface area contributed by atoms with E-state index < -0.39 is 5.97 Å². The van der Waals surface area contributed by atoms with Gasteiger partial charge in [-0.15, -0.1) is 11.3 Å². The molecule has 0 radical (unpaired) electrons. The lowest BCUT2D eigenvalue weighted by atomic mass is 10.1. The highest BCUT2D eigenvalue weighted by Gasteiger charge is 2.28. The molecule has 1 aliphatic heterocycles. The summed E-state index contributed by atoms with van der Waals surface area (Å²) < 4.78 is 0. The molecule has 1 unspecified atom stereocenters. The van der Waals surface area contributed by atoms with Crippen molar-refractivity contribution in [3.05, 3.63) is 16.1 Å². The first-order chi connectivity index (χ1) is 8.06. The largest absolute Gasteiger partial charge is 0.481 e. The molecule has 1 saturated heterocycles. The van der Waals surface area contributed by atoms with Crippen LogP contribution in [-0.4, -0.2) is 34.0 Å². The molecular weight excluding hydrogens is 236 g/mol. The second kappa shape index (κ2) is 5.14. The standard InChI is InChI=1S/C12H18N2O2S/c1-8(2)11-13-10(7-17-11)6-14-4-3-9(5-14)12(15)16/h7-9H,3-6H2,1-2H3,(H,15,16). The van der Waals surface area contributed by atoms with E-state index in [9.17, 15) is 4.79 Å². The van der Waals surface area contributed by atoms with Crippen molar-refractivity contribution in [2.75, 3.05) is 13.1 Å². The van der Waals surface area contributed by atoms with E-state index >= 15 is 0 Å². The van der Waals surface area contributed by atoms with Crippen LogP contribution in [0.1, 0.15) is 36.9 Å². The third kappa shape index (κ3) is 3.04. The molecule has 1 fully saturated rings. The topological polar surface area (TPSA) is 53.4 Å². The lowest BCUT2D eigenvalue weighted by Gasteiger charge is -2.12. The maximum atomic E-state index is 10.9. The van der Waals surface area contributed by atoms with Crippen LogP contribution in [0.15, 0.2) is 5.38 Å². The molecule has 5 heteroatoms. The van der Waals surface area contributed by atoms with Gasteiger partial charge in [-0.3, -0.25) is 9.69 Å². The summed E-state index contributed by atoms with van der Waals surface area (Å²) >= 11 is 1.69. The molecular formula is C12H18N2O2S. The number of carboxylic acid groups (broad SMARTS) is 1. The third-order valence-electron chi connectivity index (χ3n) is 3.07. The average molecular weight is 254 g/mol. The predicted molar refractivity (Wildman–Crippen MR) is 67.2 cm³/mol. The van der Waals surface area contributed by atoms with Gasteiger partial charge < -0.3 is 5.11 Å². The minimum atomic E-state index is -0.673. The Morgan fingerprint density at radius 1 is 1.71 bits per heavy atom. The van der Waals surface area contributed by atoms with Crippen molar-refractivity contribution in [1.82, 2.24) is 9.88 Å². The Bertz CT molecular complexity index is 403. The number of thiazole rings is 1. The summed E-state index contributed by atoms with van der Waals surface area (Å²) in [6.45, 7) is 6.58. The Morgan fingerprint density at radius 2 is 2.47 bits per heavy atom. The quantitative estimate of drug-likeness (QED) is 0.894. The summed E-state index contributed by atoms with van der Waals surface area (Å²) in [5.41, 5.74) is 1.07. The molecule has 2 rings (SSSR count). The first-order valence-electron chi connectivity index (χ1n) is 5.95. The van der Waals surface area contributed by atoms with Crippen molar-refractivity contribution in [2.24, 2.45) is 5.92 Å². The molecule has 0 spiro atoms. The van der Waals surface area contributed by atoms with Crippen LogP contribution in [0.5, 0.6) is 0 Å². The fourth-order valence-corrected chi connectivity index (χ4v) is 2.89. The van der Waals surface area contributed by atoms with E-state index in [1.54, 1.807) is 11.3 Å². The molecule has 0 amide bonds. The van der Waals surface area contributed by atoms with Gasteiger partial charge in [0.25, 0.3) is 0 Å². The van der Waals surface area contributed by atoms with Gasteiger partial charge in [-0.1, -0.05) is 13.8 Å². The van der Waals surface area contributed by atoms with Crippen molar-refractivity contribution < 1.29 is 9.90 Å². The number of likely N-dealkylation sites (tertiary alicyclic amines) is 1. The van der Waals surface area contributed by atoms with Crippen molar-refractivity contribution in [3.63, 3.8) is 0 Å². The fraction of sp³-hybridized carbons (Fsp3) is 0.667. The summed E-state index contributed by atoms with van der Waals surface area (Å²) in [6.07, 6.45) is 0.760. The highest BCUT2D eigenvalue weighted by atomic mass is 32.1. The maximum absolute atomic E-state index is 10.9. The minimum Gasteiger partial charge on any atom is -0.481 e. The molecule has 0 aliphatic carbocycles. The van der Waals surface area contributed by atoms with E-state index in [1.165, 1.54) is 0 Å². The van der Waals surface area contributed by atoms with Crippen LogP contribution in [0.3, 0.4) is 0 Å². The number of carboxylic acids is 1. The molecule has 1 aromatic heterocycles. The molecule has 94 valence electrons. The lowest BCUT2D eigenvalue weighted by molar-refractivity contribution is -0.141. The molecule has 1 atom stereocenters. The first-order valence-corrected chi connectivity index (χ1v) is 6.83. The van der Waals surface area contributed by atoms with Gasteiger partial charge in [-0.05, 0) is 13.0 Å². The second-order valence-electron chi connectivity index (χ2n) is 4.89. The zero-order valence-electron chi connectivity index (χ0n) is 10.2. The normalized spacial score (nSPS) is 21.2. The van der Waals surface area contributed by atoms with Crippen LogP contribution in [0.25, 0.3) is 0 Å². The molecule has 1 aliphatic rings. The average Bonchev–Trinajstić information content (AvgIpc) is 2.87. The number of aromatic nitrogens is 1. The van der Waals surface area contributed by atoms with Gasteiger partial charge in [-0.25, -0.2) is 4.98 Å². The summed E-state index contributed by atoms with van der Waals surface area (Å²) in [5, 5.41) is 12.2. The summed E-state index contributed by atoms with van der Waals surface area (Å²) in [6, 6.07) is 0. The molecule has 2 heterocycles. The van der Waals surface area contributed by atoms with Crippen molar-refractivity contribution in [3.8, 4) is 0 Å². The predicted octanol–water partition coefficient (Wildman–Crippen LogP) is 2.17. The Balaban J connectivity index is 1.91. The van der Waals surface area contributed by atoms with E-state index in [0.29, 0.717) is 12.5 Å². The van der Waals surface area contributed by atoms with E-state index in [1.807, 2.05) is 0 Å². The number of hydrogen-bond donors (Lipinski definition) is 1. The number of nitrogens with zero attached hydrogens (tertiary/aromatic N) is 2.